The van der Waals surface area contributed by atoms with Gasteiger partial charge in [-0.25, -0.2) is 8.42 Å². The van der Waals surface area contributed by atoms with Crippen LogP contribution in [0.5, 0.6) is 0 Å². The highest BCUT2D eigenvalue weighted by molar-refractivity contribution is 7.89. The maximum absolute atomic E-state index is 12.8. The highest BCUT2D eigenvalue weighted by Crippen LogP contribution is 2.25. The molecule has 1 fully saturated rings. The van der Waals surface area contributed by atoms with E-state index in [2.05, 4.69) is 16.0 Å². The third kappa shape index (κ3) is 5.26. The number of nitrogens with one attached hydrogen (secondary N) is 3. The lowest BCUT2D eigenvalue weighted by molar-refractivity contribution is -0.120. The van der Waals surface area contributed by atoms with Gasteiger partial charge in [-0.1, -0.05) is 12.5 Å². The Morgan fingerprint density at radius 1 is 1.08 bits per heavy atom. The number of hydrogen-bond donors (Lipinski definition) is 3. The number of carbonyl (C=O) groups is 2. The van der Waals surface area contributed by atoms with E-state index in [-0.39, 0.29) is 29.8 Å². The molecule has 9 heteroatoms. The smallest absolute Gasteiger partial charge is 0.243 e. The molecule has 8 nitrogen and oxygen atoms in total. The Bertz CT molecular complexity index is 758. The number of likely N-dealkylation sites (N-methyl/N-ethyl adjacent to an activating group) is 1. The number of hydrogen-bond acceptors (Lipinski definition) is 5. The molecule has 26 heavy (non-hydrogen) atoms. The molecule has 1 heterocycles. The predicted molar refractivity (Wildman–Crippen MR) is 99.4 cm³/mol. The summed E-state index contributed by atoms with van der Waals surface area (Å²) in [6, 6.07) is 4.75. The van der Waals surface area contributed by atoms with Crippen LogP contribution in [0.25, 0.3) is 0 Å². The van der Waals surface area contributed by atoms with Crippen molar-refractivity contribution < 1.29 is 18.0 Å². The average molecular weight is 382 g/mol. The largest absolute Gasteiger partial charge is 0.358 e. The van der Waals surface area contributed by atoms with Gasteiger partial charge < -0.3 is 10.6 Å². The van der Waals surface area contributed by atoms with Gasteiger partial charge in [-0.2, -0.15) is 4.31 Å². The number of rotatable bonds is 7. The first-order valence-electron chi connectivity index (χ1n) is 8.66. The van der Waals surface area contributed by atoms with E-state index >= 15 is 0 Å². The summed E-state index contributed by atoms with van der Waals surface area (Å²) >= 11 is 0. The molecule has 1 aromatic carbocycles. The summed E-state index contributed by atoms with van der Waals surface area (Å²) in [6.45, 7) is 2.84. The van der Waals surface area contributed by atoms with Gasteiger partial charge in [0.2, 0.25) is 21.8 Å². The van der Waals surface area contributed by atoms with Gasteiger partial charge in [0.1, 0.15) is 0 Å². The van der Waals surface area contributed by atoms with E-state index < -0.39 is 10.0 Å². The van der Waals surface area contributed by atoms with Crippen molar-refractivity contribution >= 4 is 27.5 Å². The second-order valence-corrected chi connectivity index (χ2v) is 8.20. The standard InChI is InChI=1S/C17H26N4O4S/c1-13-6-7-14(26(24,25)21-8-4-3-5-9-21)10-15(13)20-17(23)12-19-11-16(22)18-2/h6-7,10,19H,3-5,8-9,11-12H2,1-2H3,(H,18,22)(H,20,23). The van der Waals surface area contributed by atoms with E-state index in [0.717, 1.165) is 24.8 Å². The van der Waals surface area contributed by atoms with Crippen molar-refractivity contribution in [3.63, 3.8) is 0 Å². The second kappa shape index (κ2) is 9.11. The number of anilines is 1. The molecular formula is C17H26N4O4S. The van der Waals surface area contributed by atoms with Crippen LogP contribution in [0.1, 0.15) is 24.8 Å². The Balaban J connectivity index is 2.06. The fourth-order valence-electron chi connectivity index (χ4n) is 2.72. The third-order valence-corrected chi connectivity index (χ3v) is 6.18. The summed E-state index contributed by atoms with van der Waals surface area (Å²) in [7, 11) is -2.04. The molecule has 0 aromatic heterocycles. The molecule has 0 atom stereocenters. The Labute approximate surface area is 154 Å². The van der Waals surface area contributed by atoms with Crippen molar-refractivity contribution in [2.24, 2.45) is 0 Å². The van der Waals surface area contributed by atoms with Crippen LogP contribution in [0.15, 0.2) is 23.1 Å². The molecule has 0 unspecified atom stereocenters. The molecule has 0 spiro atoms. The van der Waals surface area contributed by atoms with Crippen molar-refractivity contribution in [2.75, 3.05) is 38.5 Å². The normalized spacial score (nSPS) is 15.5. The molecule has 1 aliphatic heterocycles. The Morgan fingerprint density at radius 2 is 1.73 bits per heavy atom. The topological polar surface area (TPSA) is 108 Å². The first-order valence-corrected chi connectivity index (χ1v) is 10.1. The monoisotopic (exact) mass is 382 g/mol. The van der Waals surface area contributed by atoms with Gasteiger partial charge in [-0.15, -0.1) is 0 Å². The lowest BCUT2D eigenvalue weighted by Crippen LogP contribution is -2.36. The molecule has 1 saturated heterocycles. The van der Waals surface area contributed by atoms with E-state index in [1.807, 2.05) is 0 Å². The SMILES string of the molecule is CNC(=O)CNCC(=O)Nc1cc(S(=O)(=O)N2CCCCC2)ccc1C. The minimum atomic E-state index is -3.56. The summed E-state index contributed by atoms with van der Waals surface area (Å²) in [5, 5.41) is 7.87. The zero-order valence-electron chi connectivity index (χ0n) is 15.2. The molecule has 0 saturated carbocycles. The van der Waals surface area contributed by atoms with Crippen LogP contribution in [-0.2, 0) is 19.6 Å². The van der Waals surface area contributed by atoms with Gasteiger partial charge in [0.25, 0.3) is 0 Å². The second-order valence-electron chi connectivity index (χ2n) is 6.27. The van der Waals surface area contributed by atoms with Crippen LogP contribution in [0, 0.1) is 6.92 Å². The number of aryl methyl sites for hydroxylation is 1. The molecule has 2 rings (SSSR count). The van der Waals surface area contributed by atoms with Gasteiger partial charge in [-0.3, -0.25) is 14.9 Å². The van der Waals surface area contributed by atoms with Gasteiger partial charge in [0.05, 0.1) is 18.0 Å². The maximum atomic E-state index is 12.8. The fraction of sp³-hybridized carbons (Fsp3) is 0.529. The first-order chi connectivity index (χ1) is 12.3. The van der Waals surface area contributed by atoms with Gasteiger partial charge >= 0.3 is 0 Å². The predicted octanol–water partition coefficient (Wildman–Crippen LogP) is 0.444. The minimum Gasteiger partial charge on any atom is -0.358 e. The Hall–Kier alpha value is -1.97. The Morgan fingerprint density at radius 3 is 2.38 bits per heavy atom. The van der Waals surface area contributed by atoms with E-state index in [1.165, 1.54) is 17.4 Å². The number of piperidine rings is 1. The summed E-state index contributed by atoms with van der Waals surface area (Å²) in [5.74, 6) is -0.562. The van der Waals surface area contributed by atoms with E-state index in [9.17, 15) is 18.0 Å². The van der Waals surface area contributed by atoms with Gasteiger partial charge in [0.15, 0.2) is 0 Å². The number of sulfonamides is 1. The van der Waals surface area contributed by atoms with Gasteiger partial charge in [-0.05, 0) is 37.5 Å². The molecule has 0 aliphatic carbocycles. The molecule has 2 amide bonds. The van der Waals surface area contributed by atoms with Crippen LogP contribution in [0.2, 0.25) is 0 Å². The average Bonchev–Trinajstić information content (AvgIpc) is 2.64. The zero-order valence-corrected chi connectivity index (χ0v) is 16.0. The summed E-state index contributed by atoms with van der Waals surface area (Å²) in [4.78, 5) is 23.3. The molecule has 144 valence electrons. The molecular weight excluding hydrogens is 356 g/mol. The fourth-order valence-corrected chi connectivity index (χ4v) is 4.27. The molecule has 0 bridgehead atoms. The quantitative estimate of drug-likeness (QED) is 0.634. The molecule has 0 radical (unpaired) electrons. The summed E-state index contributed by atoms with van der Waals surface area (Å²) in [5.41, 5.74) is 1.22. The van der Waals surface area contributed by atoms with Crippen LogP contribution in [0.3, 0.4) is 0 Å². The molecule has 3 N–H and O–H groups in total. The highest BCUT2D eigenvalue weighted by Gasteiger charge is 2.26. The minimum absolute atomic E-state index is 0.0340. The van der Waals surface area contributed by atoms with Crippen molar-refractivity contribution in [2.45, 2.75) is 31.1 Å². The van der Waals surface area contributed by atoms with Gasteiger partial charge in [0, 0.05) is 25.8 Å². The van der Waals surface area contributed by atoms with Crippen molar-refractivity contribution in [3.05, 3.63) is 23.8 Å². The molecule has 1 aliphatic rings. The van der Waals surface area contributed by atoms with Crippen molar-refractivity contribution in [1.29, 1.82) is 0 Å². The van der Waals surface area contributed by atoms with E-state index in [4.69, 9.17) is 0 Å². The maximum Gasteiger partial charge on any atom is 0.243 e. The first kappa shape index (κ1) is 20.3. The number of benzene rings is 1. The number of carbonyl (C=O) groups excluding carboxylic acids is 2. The summed E-state index contributed by atoms with van der Waals surface area (Å²) in [6.07, 6.45) is 2.78. The van der Waals surface area contributed by atoms with Crippen LogP contribution >= 0.6 is 0 Å². The highest BCUT2D eigenvalue weighted by atomic mass is 32.2. The Kier molecular flexibility index (Phi) is 7.13. The third-order valence-electron chi connectivity index (χ3n) is 4.29. The lowest BCUT2D eigenvalue weighted by Gasteiger charge is -2.26. The molecule has 1 aromatic rings. The van der Waals surface area contributed by atoms with Crippen molar-refractivity contribution in [1.82, 2.24) is 14.9 Å². The van der Waals surface area contributed by atoms with E-state index in [0.29, 0.717) is 18.8 Å². The van der Waals surface area contributed by atoms with E-state index in [1.54, 1.807) is 19.1 Å². The number of amides is 2. The van der Waals surface area contributed by atoms with Crippen molar-refractivity contribution in [3.8, 4) is 0 Å². The lowest BCUT2D eigenvalue weighted by atomic mass is 10.2. The van der Waals surface area contributed by atoms with Crippen LogP contribution < -0.4 is 16.0 Å². The van der Waals surface area contributed by atoms with Crippen LogP contribution in [0.4, 0.5) is 5.69 Å². The summed E-state index contributed by atoms with van der Waals surface area (Å²) < 4.78 is 27.0. The zero-order chi connectivity index (χ0) is 19.2. The van der Waals surface area contributed by atoms with Crippen LogP contribution in [-0.4, -0.2) is 57.8 Å². The number of nitrogens with zero attached hydrogens (tertiary/aromatic N) is 1.